The van der Waals surface area contributed by atoms with Gasteiger partial charge in [0.25, 0.3) is 0 Å². The van der Waals surface area contributed by atoms with Gasteiger partial charge in [0.2, 0.25) is 17.7 Å². The molecule has 164 valence electrons. The Labute approximate surface area is 167 Å². The number of nitrogens with two attached hydrogens (primary N) is 1. The molecule has 0 bridgehead atoms. The second kappa shape index (κ2) is 12.7. The summed E-state index contributed by atoms with van der Waals surface area (Å²) in [4.78, 5) is 39.8. The smallest absolute Gasteiger partial charge is 0.248 e. The number of aliphatic hydroxyl groups excluding tert-OH is 1. The summed E-state index contributed by atoms with van der Waals surface area (Å²) in [7, 11) is 2.96. The predicted octanol–water partition coefficient (Wildman–Crippen LogP) is -0.124. The minimum atomic E-state index is -1.20. The number of nitrogens with zero attached hydrogens (tertiary/aromatic N) is 2. The van der Waals surface area contributed by atoms with E-state index in [9.17, 15) is 19.5 Å². The third-order valence-electron chi connectivity index (χ3n) is 4.42. The van der Waals surface area contributed by atoms with Crippen LogP contribution in [-0.4, -0.2) is 89.3 Å². The number of rotatable bonds is 14. The zero-order valence-electron chi connectivity index (χ0n) is 17.8. The van der Waals surface area contributed by atoms with Crippen LogP contribution in [-0.2, 0) is 19.1 Å². The third kappa shape index (κ3) is 9.48. The Bertz CT molecular complexity index is 506. The molecule has 0 aromatic heterocycles. The van der Waals surface area contributed by atoms with Crippen molar-refractivity contribution in [2.75, 3.05) is 33.9 Å². The van der Waals surface area contributed by atoms with E-state index in [1.807, 2.05) is 6.92 Å². The second-order valence-electron chi connectivity index (χ2n) is 7.66. The minimum Gasteiger partial charge on any atom is -0.396 e. The highest BCUT2D eigenvalue weighted by atomic mass is 16.5. The SMILES string of the molecule is CCCC(=O)N(C)[C@H](COCCCCO)C(=O)N(C)[C@@H](CC(C)(C)O)C(N)=O. The zero-order chi connectivity index (χ0) is 21.9. The van der Waals surface area contributed by atoms with Crippen LogP contribution in [0.2, 0.25) is 0 Å². The van der Waals surface area contributed by atoms with Crippen LogP contribution in [0.4, 0.5) is 0 Å². The normalized spacial score (nSPS) is 13.7. The average molecular weight is 404 g/mol. The maximum atomic E-state index is 13.1. The molecule has 2 atom stereocenters. The van der Waals surface area contributed by atoms with Gasteiger partial charge < -0.3 is 30.5 Å². The van der Waals surface area contributed by atoms with Crippen LogP contribution in [0.1, 0.15) is 52.9 Å². The Morgan fingerprint density at radius 3 is 2.18 bits per heavy atom. The van der Waals surface area contributed by atoms with E-state index < -0.39 is 29.5 Å². The number of primary amides is 1. The molecule has 0 saturated heterocycles. The standard InChI is InChI=1S/C19H37N3O6/c1-6-9-16(24)21(4)15(13-28-11-8-7-10-23)18(26)22(5)14(17(20)25)12-19(2,3)27/h14-15,23,27H,6-13H2,1-5H3,(H2,20,25)/t14-,15+/m0/s1. The third-order valence-corrected chi connectivity index (χ3v) is 4.42. The number of likely N-dealkylation sites (N-methyl/N-ethyl adjacent to an activating group) is 2. The van der Waals surface area contributed by atoms with Crippen LogP contribution >= 0.6 is 0 Å². The molecule has 0 radical (unpaired) electrons. The Morgan fingerprint density at radius 1 is 1.11 bits per heavy atom. The molecule has 0 rings (SSSR count). The van der Waals surface area contributed by atoms with Crippen molar-refractivity contribution >= 4 is 17.7 Å². The van der Waals surface area contributed by atoms with Gasteiger partial charge in [-0.15, -0.1) is 0 Å². The second-order valence-corrected chi connectivity index (χ2v) is 7.66. The van der Waals surface area contributed by atoms with Crippen LogP contribution in [0, 0.1) is 0 Å². The Kier molecular flexibility index (Phi) is 11.9. The highest BCUT2D eigenvalue weighted by Crippen LogP contribution is 2.17. The summed E-state index contributed by atoms with van der Waals surface area (Å²) in [6.07, 6.45) is 2.11. The number of carbonyl (C=O) groups is 3. The maximum Gasteiger partial charge on any atom is 0.248 e. The van der Waals surface area contributed by atoms with Crippen molar-refractivity contribution in [3.63, 3.8) is 0 Å². The van der Waals surface area contributed by atoms with Crippen molar-refractivity contribution in [2.24, 2.45) is 5.73 Å². The molecular formula is C19H37N3O6. The number of hydrogen-bond donors (Lipinski definition) is 3. The van der Waals surface area contributed by atoms with Gasteiger partial charge >= 0.3 is 0 Å². The van der Waals surface area contributed by atoms with E-state index in [1.165, 1.54) is 37.7 Å². The first-order valence-electron chi connectivity index (χ1n) is 9.68. The first-order valence-corrected chi connectivity index (χ1v) is 9.68. The van der Waals surface area contributed by atoms with Gasteiger partial charge in [-0.05, 0) is 33.1 Å². The molecule has 0 spiro atoms. The lowest BCUT2D eigenvalue weighted by molar-refractivity contribution is -0.150. The molecule has 0 unspecified atom stereocenters. The molecule has 0 aromatic carbocycles. The van der Waals surface area contributed by atoms with E-state index in [0.29, 0.717) is 25.9 Å². The van der Waals surface area contributed by atoms with Gasteiger partial charge in [0, 0.05) is 40.2 Å². The number of aliphatic hydroxyl groups is 2. The first-order chi connectivity index (χ1) is 13.0. The van der Waals surface area contributed by atoms with Crippen LogP contribution in [0.15, 0.2) is 0 Å². The molecule has 9 heteroatoms. The van der Waals surface area contributed by atoms with Crippen molar-refractivity contribution in [1.82, 2.24) is 9.80 Å². The molecule has 3 amide bonds. The number of amides is 3. The minimum absolute atomic E-state index is 0.0265. The van der Waals surface area contributed by atoms with Crippen molar-refractivity contribution in [2.45, 2.75) is 70.6 Å². The Morgan fingerprint density at radius 2 is 1.71 bits per heavy atom. The largest absolute Gasteiger partial charge is 0.396 e. The van der Waals surface area contributed by atoms with Crippen molar-refractivity contribution in [1.29, 1.82) is 0 Å². The maximum absolute atomic E-state index is 13.1. The van der Waals surface area contributed by atoms with Crippen molar-refractivity contribution < 1.29 is 29.3 Å². The van der Waals surface area contributed by atoms with Gasteiger partial charge in [0.15, 0.2) is 0 Å². The van der Waals surface area contributed by atoms with Crippen LogP contribution < -0.4 is 5.73 Å². The summed E-state index contributed by atoms with van der Waals surface area (Å²) in [6, 6.07) is -1.93. The lowest BCUT2D eigenvalue weighted by Gasteiger charge is -2.35. The fraction of sp³-hybridized carbons (Fsp3) is 0.842. The monoisotopic (exact) mass is 403 g/mol. The van der Waals surface area contributed by atoms with Crippen LogP contribution in [0.25, 0.3) is 0 Å². The molecule has 0 aliphatic carbocycles. The summed E-state index contributed by atoms with van der Waals surface area (Å²) in [5, 5.41) is 18.9. The summed E-state index contributed by atoms with van der Waals surface area (Å²) in [5.74, 6) is -1.42. The van der Waals surface area contributed by atoms with Crippen LogP contribution in [0.3, 0.4) is 0 Å². The van der Waals surface area contributed by atoms with Gasteiger partial charge in [-0.3, -0.25) is 14.4 Å². The number of hydrogen-bond acceptors (Lipinski definition) is 6. The molecule has 0 saturated carbocycles. The van der Waals surface area contributed by atoms with Crippen molar-refractivity contribution in [3.05, 3.63) is 0 Å². The fourth-order valence-electron chi connectivity index (χ4n) is 2.71. The summed E-state index contributed by atoms with van der Waals surface area (Å²) in [5.41, 5.74) is 4.24. The summed E-state index contributed by atoms with van der Waals surface area (Å²) >= 11 is 0. The van der Waals surface area contributed by atoms with Gasteiger partial charge in [-0.25, -0.2) is 0 Å². The summed E-state index contributed by atoms with van der Waals surface area (Å²) < 4.78 is 5.54. The zero-order valence-corrected chi connectivity index (χ0v) is 17.8. The molecule has 0 aliphatic heterocycles. The van der Waals surface area contributed by atoms with E-state index in [1.54, 1.807) is 0 Å². The quantitative estimate of drug-likeness (QED) is 0.346. The molecule has 0 heterocycles. The molecular weight excluding hydrogens is 366 g/mol. The highest BCUT2D eigenvalue weighted by Gasteiger charge is 2.36. The first kappa shape index (κ1) is 26.3. The van der Waals surface area contributed by atoms with Crippen LogP contribution in [0.5, 0.6) is 0 Å². The molecule has 0 aromatic rings. The Hall–Kier alpha value is -1.71. The Balaban J connectivity index is 5.37. The number of ether oxygens (including phenoxy) is 1. The molecule has 0 fully saturated rings. The summed E-state index contributed by atoms with van der Waals surface area (Å²) in [6.45, 7) is 5.29. The van der Waals surface area contributed by atoms with Gasteiger partial charge in [0.1, 0.15) is 12.1 Å². The predicted molar refractivity (Wildman–Crippen MR) is 105 cm³/mol. The average Bonchev–Trinajstić information content (AvgIpc) is 2.60. The lowest BCUT2D eigenvalue weighted by atomic mass is 9.97. The van der Waals surface area contributed by atoms with Gasteiger partial charge in [-0.2, -0.15) is 0 Å². The van der Waals surface area contributed by atoms with Gasteiger partial charge in [-0.1, -0.05) is 6.92 Å². The topological polar surface area (TPSA) is 133 Å². The fourth-order valence-corrected chi connectivity index (χ4v) is 2.71. The number of carbonyl (C=O) groups excluding carboxylic acids is 3. The molecule has 4 N–H and O–H groups in total. The number of unbranched alkanes of at least 4 members (excludes halogenated alkanes) is 1. The molecule has 9 nitrogen and oxygen atoms in total. The highest BCUT2D eigenvalue weighted by molar-refractivity contribution is 5.91. The van der Waals surface area contributed by atoms with E-state index in [2.05, 4.69) is 0 Å². The van der Waals surface area contributed by atoms with E-state index >= 15 is 0 Å². The van der Waals surface area contributed by atoms with E-state index in [-0.39, 0.29) is 32.0 Å². The molecule has 0 aliphatic rings. The van der Waals surface area contributed by atoms with Crippen molar-refractivity contribution in [3.8, 4) is 0 Å². The van der Waals surface area contributed by atoms with E-state index in [4.69, 9.17) is 15.6 Å². The van der Waals surface area contributed by atoms with Gasteiger partial charge in [0.05, 0.1) is 12.2 Å². The lowest BCUT2D eigenvalue weighted by Crippen LogP contribution is -2.56. The molecule has 28 heavy (non-hydrogen) atoms. The van der Waals surface area contributed by atoms with E-state index in [0.717, 1.165) is 0 Å².